The Morgan fingerprint density at radius 1 is 0.510 bits per heavy atom. The van der Waals surface area contributed by atoms with Crippen LogP contribution in [0.3, 0.4) is 0 Å². The van der Waals surface area contributed by atoms with Crippen LogP contribution in [0.15, 0.2) is 157 Å². The highest BCUT2D eigenvalue weighted by atomic mass is 15.0. The lowest BCUT2D eigenvalue weighted by molar-refractivity contribution is 1.25. The number of amidine groups is 1. The first-order valence-corrected chi connectivity index (χ1v) is 17.0. The van der Waals surface area contributed by atoms with Gasteiger partial charge in [0, 0.05) is 61.0 Å². The average Bonchev–Trinajstić information content (AvgIpc) is 3.81. The van der Waals surface area contributed by atoms with Gasteiger partial charge in [-0.1, -0.05) is 97.6 Å². The minimum atomic E-state index is 0.157. The van der Waals surface area contributed by atoms with Gasteiger partial charge in [-0.2, -0.15) is 0 Å². The average molecular weight is 653 g/mol. The standard InChI is InChI=1S/C45H28N6/c1-27(26-48-45(46)28-20-22-47-23-21-28)49-37-17-5-4-12-31(37)36-24-41-42(25-40(36)49)51-39-19-7-3-11-30(39)33-14-9-16-35(44(33)51)34-15-8-13-32-29-10-2-6-18-38(29)50(41)43(32)34/h2-26,46H,1H2. The van der Waals surface area contributed by atoms with Gasteiger partial charge in [0.15, 0.2) is 5.84 Å². The van der Waals surface area contributed by atoms with E-state index in [2.05, 4.69) is 151 Å². The molecule has 5 heterocycles. The van der Waals surface area contributed by atoms with Gasteiger partial charge in [-0.25, -0.2) is 4.99 Å². The Kier molecular flexibility index (Phi) is 5.59. The van der Waals surface area contributed by atoms with Gasteiger partial charge in [0.05, 0.1) is 56.0 Å². The molecule has 5 aromatic heterocycles. The molecule has 0 aliphatic carbocycles. The summed E-state index contributed by atoms with van der Waals surface area (Å²) in [5.74, 6) is 0.157. The van der Waals surface area contributed by atoms with Crippen LogP contribution in [-0.4, -0.2) is 30.4 Å². The smallest absolute Gasteiger partial charge is 0.151 e. The number of aromatic nitrogens is 4. The minimum absolute atomic E-state index is 0.157. The van der Waals surface area contributed by atoms with Crippen LogP contribution in [0.1, 0.15) is 5.56 Å². The first-order chi connectivity index (χ1) is 25.2. The van der Waals surface area contributed by atoms with Crippen molar-refractivity contribution in [1.82, 2.24) is 18.4 Å². The van der Waals surface area contributed by atoms with Crippen molar-refractivity contribution in [3.8, 4) is 0 Å². The number of pyridine rings is 1. The summed E-state index contributed by atoms with van der Waals surface area (Å²) < 4.78 is 7.12. The molecule has 0 aliphatic heterocycles. The molecule has 0 fully saturated rings. The Labute approximate surface area is 290 Å². The predicted molar refractivity (Wildman–Crippen MR) is 214 cm³/mol. The summed E-state index contributed by atoms with van der Waals surface area (Å²) >= 11 is 0. The molecule has 0 saturated carbocycles. The molecule has 11 rings (SSSR count). The molecular formula is C45H28N6. The monoisotopic (exact) mass is 652 g/mol. The van der Waals surface area contributed by atoms with Gasteiger partial charge in [0.25, 0.3) is 0 Å². The number of hydrogen-bond donors (Lipinski definition) is 1. The van der Waals surface area contributed by atoms with Crippen molar-refractivity contribution >= 4 is 105 Å². The lowest BCUT2D eigenvalue weighted by atomic mass is 10.0. The number of hydrogen-bond acceptors (Lipinski definition) is 2. The van der Waals surface area contributed by atoms with E-state index < -0.39 is 0 Å². The molecule has 0 aliphatic rings. The Hall–Kier alpha value is -7.05. The summed E-state index contributed by atoms with van der Waals surface area (Å²) in [5.41, 5.74) is 10.3. The molecular weight excluding hydrogens is 625 g/mol. The Bertz CT molecular complexity index is 3340. The fourth-order valence-electron chi connectivity index (χ4n) is 8.41. The van der Waals surface area contributed by atoms with Gasteiger partial charge in [0.2, 0.25) is 0 Å². The zero-order valence-electron chi connectivity index (χ0n) is 27.4. The maximum absolute atomic E-state index is 8.62. The second kappa shape index (κ2) is 10.2. The van der Waals surface area contributed by atoms with Crippen molar-refractivity contribution in [3.63, 3.8) is 0 Å². The highest BCUT2D eigenvalue weighted by Gasteiger charge is 2.21. The Balaban J connectivity index is 1.37. The lowest BCUT2D eigenvalue weighted by Gasteiger charge is -2.12. The van der Waals surface area contributed by atoms with Crippen LogP contribution in [0, 0.1) is 5.41 Å². The van der Waals surface area contributed by atoms with Gasteiger partial charge in [0.1, 0.15) is 0 Å². The van der Waals surface area contributed by atoms with E-state index >= 15 is 0 Å². The van der Waals surface area contributed by atoms with Gasteiger partial charge >= 0.3 is 0 Å². The molecule has 0 saturated heterocycles. The molecule has 0 unspecified atom stereocenters. The quantitative estimate of drug-likeness (QED) is 0.150. The summed E-state index contributed by atoms with van der Waals surface area (Å²) in [6.45, 7) is 4.51. The molecule has 1 N–H and O–H groups in total. The number of allylic oxidation sites excluding steroid dienone is 1. The van der Waals surface area contributed by atoms with Crippen molar-refractivity contribution in [1.29, 1.82) is 5.41 Å². The molecule has 0 atom stereocenters. The van der Waals surface area contributed by atoms with E-state index in [0.29, 0.717) is 11.3 Å². The second-order valence-corrected chi connectivity index (χ2v) is 13.2. The zero-order chi connectivity index (χ0) is 33.8. The van der Waals surface area contributed by atoms with Crippen molar-refractivity contribution in [2.75, 3.05) is 0 Å². The van der Waals surface area contributed by atoms with E-state index in [4.69, 9.17) is 5.41 Å². The van der Waals surface area contributed by atoms with Crippen molar-refractivity contribution in [2.24, 2.45) is 4.99 Å². The molecule has 0 amide bonds. The molecule has 11 aromatic rings. The number of benzene rings is 6. The van der Waals surface area contributed by atoms with Crippen LogP contribution in [0.25, 0.3) is 92.9 Å². The summed E-state index contributed by atoms with van der Waals surface area (Å²) in [7, 11) is 0. The fourth-order valence-corrected chi connectivity index (χ4v) is 8.41. The third-order valence-electron chi connectivity index (χ3n) is 10.5. The molecule has 6 nitrogen and oxygen atoms in total. The van der Waals surface area contributed by atoms with Crippen molar-refractivity contribution < 1.29 is 0 Å². The van der Waals surface area contributed by atoms with E-state index in [9.17, 15) is 0 Å². The molecule has 51 heavy (non-hydrogen) atoms. The molecule has 6 aromatic carbocycles. The minimum Gasteiger partial charge on any atom is -0.308 e. The summed E-state index contributed by atoms with van der Waals surface area (Å²) in [6, 6.07) is 47.7. The van der Waals surface area contributed by atoms with Gasteiger partial charge < -0.3 is 13.4 Å². The Morgan fingerprint density at radius 2 is 0.980 bits per heavy atom. The van der Waals surface area contributed by atoms with Crippen LogP contribution < -0.4 is 0 Å². The van der Waals surface area contributed by atoms with Crippen molar-refractivity contribution in [3.05, 3.63) is 158 Å². The molecule has 6 heteroatoms. The number of fused-ring (bicyclic) bond motifs is 13. The van der Waals surface area contributed by atoms with Crippen LogP contribution in [0.5, 0.6) is 0 Å². The molecule has 0 radical (unpaired) electrons. The third-order valence-corrected chi connectivity index (χ3v) is 10.5. The zero-order valence-corrected chi connectivity index (χ0v) is 27.4. The summed E-state index contributed by atoms with van der Waals surface area (Å²) in [4.78, 5) is 8.64. The Morgan fingerprint density at radius 3 is 1.57 bits per heavy atom. The number of para-hydroxylation sites is 5. The largest absolute Gasteiger partial charge is 0.308 e. The predicted octanol–water partition coefficient (Wildman–Crippen LogP) is 11.0. The first-order valence-electron chi connectivity index (χ1n) is 17.0. The number of rotatable bonds is 3. The summed E-state index contributed by atoms with van der Waals surface area (Å²) in [5, 5.41) is 18.2. The van der Waals surface area contributed by atoms with E-state index in [-0.39, 0.29) is 5.84 Å². The van der Waals surface area contributed by atoms with Crippen LogP contribution >= 0.6 is 0 Å². The topological polar surface area (TPSA) is 62.8 Å². The van der Waals surface area contributed by atoms with Gasteiger partial charge in [-0.3, -0.25) is 10.4 Å². The highest BCUT2D eigenvalue weighted by Crippen LogP contribution is 2.42. The normalized spacial score (nSPS) is 12.4. The number of nitrogens with one attached hydrogen (secondary N) is 1. The first kappa shape index (κ1) is 27.9. The highest BCUT2D eigenvalue weighted by molar-refractivity contribution is 6.26. The SMILES string of the molecule is C=C(C=NC(=N)c1ccncc1)n1c2ccccc2c2cc3c(cc21)n1c2ccccc2c2cccc(c4cccc5c6ccccc6n3c54)c21. The van der Waals surface area contributed by atoms with E-state index in [1.165, 1.54) is 48.9 Å². The van der Waals surface area contributed by atoms with E-state index in [0.717, 1.165) is 38.4 Å². The van der Waals surface area contributed by atoms with E-state index in [1.807, 2.05) is 0 Å². The van der Waals surface area contributed by atoms with Crippen LogP contribution in [-0.2, 0) is 0 Å². The molecule has 0 spiro atoms. The van der Waals surface area contributed by atoms with Crippen molar-refractivity contribution in [2.45, 2.75) is 0 Å². The number of nitrogens with zero attached hydrogens (tertiary/aromatic N) is 5. The molecule has 238 valence electrons. The van der Waals surface area contributed by atoms with Crippen LogP contribution in [0.4, 0.5) is 0 Å². The summed E-state index contributed by atoms with van der Waals surface area (Å²) in [6.07, 6.45) is 5.05. The second-order valence-electron chi connectivity index (χ2n) is 13.2. The molecule has 0 bridgehead atoms. The maximum Gasteiger partial charge on any atom is 0.151 e. The third kappa shape index (κ3) is 3.73. The van der Waals surface area contributed by atoms with Gasteiger partial charge in [-0.15, -0.1) is 0 Å². The van der Waals surface area contributed by atoms with Crippen LogP contribution in [0.2, 0.25) is 0 Å². The number of aliphatic imine (C=N–C) groups is 1. The van der Waals surface area contributed by atoms with E-state index in [1.54, 1.807) is 30.7 Å². The maximum atomic E-state index is 8.62. The lowest BCUT2D eigenvalue weighted by Crippen LogP contribution is -2.01. The van der Waals surface area contributed by atoms with Gasteiger partial charge in [-0.05, 0) is 42.5 Å². The fraction of sp³-hybridized carbons (Fsp3) is 0.